The number of amides is 3. The molecule has 3 N–H and O–H groups in total. The number of H-pyrrole nitrogens is 2. The summed E-state index contributed by atoms with van der Waals surface area (Å²) in [5.74, 6) is 1.23. The fourth-order valence-corrected chi connectivity index (χ4v) is 8.10. The number of rotatable bonds is 14. The molecule has 64 heavy (non-hydrogen) atoms. The van der Waals surface area contributed by atoms with Gasteiger partial charge in [0.1, 0.15) is 23.7 Å². The Morgan fingerprint density at radius 2 is 1.42 bits per heavy atom. The number of carbonyl (C=O) groups is 3. The molecule has 0 bridgehead atoms. The average molecular weight is 961 g/mol. The van der Waals surface area contributed by atoms with Gasteiger partial charge in [-0.15, -0.1) is 0 Å². The van der Waals surface area contributed by atoms with Crippen LogP contribution in [0.3, 0.4) is 0 Å². The Bertz CT molecular complexity index is 2310. The first-order valence-corrected chi connectivity index (χ1v) is 19.9. The molecule has 0 unspecified atom stereocenters. The number of nitrogens with one attached hydrogen (secondary N) is 3. The van der Waals surface area contributed by atoms with Gasteiger partial charge in [-0.1, -0.05) is 65.5 Å². The molecule has 6 atom stereocenters. The van der Waals surface area contributed by atoms with E-state index >= 15 is 0 Å². The number of methoxy groups -OCH3 is 2. The van der Waals surface area contributed by atoms with Gasteiger partial charge >= 0.3 is 6.09 Å². The molecule has 2 aliphatic heterocycles. The van der Waals surface area contributed by atoms with E-state index in [9.17, 15) is 14.4 Å². The lowest BCUT2D eigenvalue weighted by Gasteiger charge is -2.30. The van der Waals surface area contributed by atoms with Crippen molar-refractivity contribution in [2.45, 2.75) is 98.0 Å². The highest BCUT2D eigenvalue weighted by molar-refractivity contribution is 7.59. The second-order valence-electron chi connectivity index (χ2n) is 15.1. The number of carbonyl (C=O) groups excluding carboxylic acids is 3. The Morgan fingerprint density at radius 3 is 2.05 bits per heavy atom. The number of imidazole rings is 2. The number of ether oxygens (including phenoxy) is 2. The Balaban J connectivity index is 0.00000341. The van der Waals surface area contributed by atoms with Gasteiger partial charge in [0.05, 0.1) is 55.3 Å². The smallest absolute Gasteiger partial charge is 0.407 e. The Kier molecular flexibility index (Phi) is 23.3. The van der Waals surface area contributed by atoms with Crippen LogP contribution in [0.4, 0.5) is 4.79 Å². The van der Waals surface area contributed by atoms with Crippen LogP contribution in [-0.4, -0.2) is 107 Å². The van der Waals surface area contributed by atoms with Crippen molar-refractivity contribution in [1.82, 2.24) is 35.1 Å². The number of aromatic nitrogens is 4. The maximum Gasteiger partial charge on any atom is 0.407 e. The Labute approximate surface area is 404 Å². The molecule has 2 aliphatic rings. The zero-order valence-corrected chi connectivity index (χ0v) is 39.9. The van der Waals surface area contributed by atoms with Crippen LogP contribution in [0.1, 0.15) is 91.5 Å². The monoisotopic (exact) mass is 960 g/mol. The first kappa shape index (κ1) is 57.6. The van der Waals surface area contributed by atoms with Crippen LogP contribution in [0.5, 0.6) is 0 Å². The van der Waals surface area contributed by atoms with Gasteiger partial charge < -0.3 is 39.4 Å². The van der Waals surface area contributed by atoms with Gasteiger partial charge in [-0.25, -0.2) is 19.8 Å². The topological polar surface area (TPSA) is 176 Å². The molecule has 354 valence electrons. The minimum atomic E-state index is -0.895. The Hall–Kier alpha value is -4.40. The van der Waals surface area contributed by atoms with Gasteiger partial charge in [0, 0.05) is 25.8 Å². The van der Waals surface area contributed by atoms with E-state index in [4.69, 9.17) is 24.3 Å². The van der Waals surface area contributed by atoms with Crippen molar-refractivity contribution in [2.75, 3.05) is 34.4 Å². The van der Waals surface area contributed by atoms with Crippen molar-refractivity contribution < 1.29 is 33.6 Å². The minimum absolute atomic E-state index is 0. The van der Waals surface area contributed by atoms with E-state index < -0.39 is 24.3 Å². The summed E-state index contributed by atoms with van der Waals surface area (Å²) < 4.78 is 10.2. The summed E-state index contributed by atoms with van der Waals surface area (Å²) in [6.45, 7) is 7.00. The average Bonchev–Trinajstić information content (AvgIpc) is 4.09. The SMILES string of the molecule is C.C.CC[C@H](C)[C@H](N=COOC)C(=O)N1CCC[C@H]1c1nc2ccc(-c3ccc4cc(-c5cnc([C@@H]6CCCN6C(=O)[C@@H](NC(=O)OC)[C@@H](C)OC)[nH]5)ccc4c3)cc2[nH]1.S.S.S.S. The van der Waals surface area contributed by atoms with Gasteiger partial charge in [0.25, 0.3) is 0 Å². The molecule has 2 fully saturated rings. The van der Waals surface area contributed by atoms with E-state index in [1.54, 1.807) is 18.0 Å². The highest BCUT2D eigenvalue weighted by Gasteiger charge is 2.39. The maximum absolute atomic E-state index is 13.8. The molecule has 0 radical (unpaired) electrons. The number of benzene rings is 3. The molecule has 0 saturated carbocycles. The van der Waals surface area contributed by atoms with Crippen LogP contribution >= 0.6 is 54.0 Å². The first-order valence-electron chi connectivity index (χ1n) is 19.9. The molecule has 4 heterocycles. The van der Waals surface area contributed by atoms with Crippen molar-refractivity contribution in [2.24, 2.45) is 10.9 Å². The predicted octanol–water partition coefficient (Wildman–Crippen LogP) is 8.60. The van der Waals surface area contributed by atoms with Crippen LogP contribution in [0.25, 0.3) is 44.2 Å². The van der Waals surface area contributed by atoms with Crippen molar-refractivity contribution in [3.63, 3.8) is 0 Å². The highest BCUT2D eigenvalue weighted by atomic mass is 32.1. The molecule has 3 aromatic carbocycles. The number of aromatic amines is 2. The number of aliphatic imine (C=N–C) groups is 1. The molecule has 2 saturated heterocycles. The lowest BCUT2D eigenvalue weighted by Crippen LogP contribution is -2.54. The van der Waals surface area contributed by atoms with Gasteiger partial charge in [-0.3, -0.25) is 9.59 Å². The van der Waals surface area contributed by atoms with Crippen LogP contribution in [0, 0.1) is 5.92 Å². The molecule has 7 rings (SSSR count). The summed E-state index contributed by atoms with van der Waals surface area (Å²) in [6.07, 6.45) is 5.83. The summed E-state index contributed by atoms with van der Waals surface area (Å²) in [4.78, 5) is 73.7. The van der Waals surface area contributed by atoms with Gasteiger partial charge in [-0.2, -0.15) is 58.9 Å². The van der Waals surface area contributed by atoms with Crippen molar-refractivity contribution >= 4 is 100 Å². The largest absolute Gasteiger partial charge is 0.453 e. The number of likely N-dealkylation sites (tertiary alicyclic amines) is 2. The van der Waals surface area contributed by atoms with Crippen LogP contribution in [0.2, 0.25) is 0 Å². The molecular formula is C45H68N8O7S4. The number of hydrogen-bond acceptors (Lipinski definition) is 10. The molecule has 3 amide bonds. The summed E-state index contributed by atoms with van der Waals surface area (Å²) in [5, 5.41) is 4.79. The van der Waals surface area contributed by atoms with Crippen molar-refractivity contribution in [3.8, 4) is 22.4 Å². The lowest BCUT2D eigenvalue weighted by molar-refractivity contribution is -0.188. The van der Waals surface area contributed by atoms with E-state index in [2.05, 4.69) is 73.7 Å². The molecule has 5 aromatic rings. The molecule has 0 spiro atoms. The number of hydrogen-bond donors (Lipinski definition) is 3. The third kappa shape index (κ3) is 12.3. The Morgan fingerprint density at radius 1 is 0.828 bits per heavy atom. The zero-order valence-electron chi connectivity index (χ0n) is 35.9. The van der Waals surface area contributed by atoms with Gasteiger partial charge in [-0.05, 0) is 84.7 Å². The van der Waals surface area contributed by atoms with E-state index in [0.29, 0.717) is 18.9 Å². The van der Waals surface area contributed by atoms with E-state index in [1.165, 1.54) is 27.7 Å². The normalized spacial score (nSPS) is 17.3. The van der Waals surface area contributed by atoms with Crippen molar-refractivity contribution in [1.29, 1.82) is 0 Å². The highest BCUT2D eigenvalue weighted by Crippen LogP contribution is 2.36. The molecule has 19 heteroatoms. The zero-order chi connectivity index (χ0) is 40.9. The first-order chi connectivity index (χ1) is 28.1. The van der Waals surface area contributed by atoms with Gasteiger partial charge in [0.2, 0.25) is 18.2 Å². The van der Waals surface area contributed by atoms with E-state index in [1.807, 2.05) is 24.8 Å². The van der Waals surface area contributed by atoms with E-state index in [-0.39, 0.29) is 98.7 Å². The minimum Gasteiger partial charge on any atom is -0.453 e. The fourth-order valence-electron chi connectivity index (χ4n) is 8.10. The summed E-state index contributed by atoms with van der Waals surface area (Å²) >= 11 is 0. The second kappa shape index (κ2) is 25.9. The van der Waals surface area contributed by atoms with Gasteiger partial charge in [0.15, 0.2) is 0 Å². The number of alkyl carbamates (subject to hydrolysis) is 1. The maximum atomic E-state index is 13.8. The van der Waals surface area contributed by atoms with Crippen LogP contribution in [0.15, 0.2) is 65.8 Å². The second-order valence-corrected chi connectivity index (χ2v) is 15.1. The summed E-state index contributed by atoms with van der Waals surface area (Å²) in [5.41, 5.74) is 5.70. The quantitative estimate of drug-likeness (QED) is 0.0426. The molecule has 15 nitrogen and oxygen atoms in total. The fraction of sp³-hybridized carbons (Fsp3) is 0.467. The number of fused-ring (bicyclic) bond motifs is 2. The third-order valence-electron chi connectivity index (χ3n) is 11.6. The van der Waals surface area contributed by atoms with Crippen LogP contribution < -0.4 is 5.32 Å². The summed E-state index contributed by atoms with van der Waals surface area (Å²) in [7, 11) is 4.17. The third-order valence-corrected chi connectivity index (χ3v) is 11.6. The lowest BCUT2D eigenvalue weighted by atomic mass is 9.98. The van der Waals surface area contributed by atoms with Crippen molar-refractivity contribution in [3.05, 3.63) is 72.4 Å². The van der Waals surface area contributed by atoms with E-state index in [0.717, 1.165) is 82.1 Å². The predicted molar refractivity (Wildman–Crippen MR) is 275 cm³/mol. The summed E-state index contributed by atoms with van der Waals surface area (Å²) in [6, 6.07) is 17.0. The van der Waals surface area contributed by atoms with Crippen LogP contribution in [-0.2, 0) is 28.8 Å². The molecular weight excluding hydrogens is 893 g/mol. The molecule has 0 aliphatic carbocycles. The standard InChI is InChI=1S/C43H52N8O7.2CH4.4H2S/c1-7-25(2)37(45-24-58-57-6)41(52)51-19-9-11-36(51)40-46-32-17-16-30(22-33(32)47-40)28-12-13-29-21-31(15-14-27(29)20-28)34-23-44-39(48-34)35-10-8-18-50(35)42(53)38(26(3)55-4)49-43(54)56-5;;;;;;/h12-17,20-26,35-38H,7-11,18-19H2,1-6H3,(H,44,48)(H,46,47)(H,49,54);2*1H4;4*1H2/t25-,26+,35-,36-,37-,38-;;;;;;/m0....../s1. The number of nitrogens with zero attached hydrogens (tertiary/aromatic N) is 5. The molecule has 2 aromatic heterocycles.